The second-order valence-corrected chi connectivity index (χ2v) is 5.03. The van der Waals surface area contributed by atoms with E-state index in [0.717, 1.165) is 9.90 Å². The van der Waals surface area contributed by atoms with E-state index in [9.17, 15) is 4.79 Å². The minimum absolute atomic E-state index is 0.188. The molecule has 0 aromatic carbocycles. The molecule has 0 aliphatic heterocycles. The molecule has 0 unspecified atom stereocenters. The number of hydrogen-bond donors (Lipinski definition) is 0. The molecule has 1 aromatic heterocycles. The van der Waals surface area contributed by atoms with Gasteiger partial charge in [-0.25, -0.2) is 0 Å². The molecule has 1 heterocycles. The van der Waals surface area contributed by atoms with Crippen molar-refractivity contribution < 1.29 is 4.79 Å². The third-order valence-corrected chi connectivity index (χ3v) is 3.57. The van der Waals surface area contributed by atoms with Crippen LogP contribution in [0.5, 0.6) is 0 Å². The normalized spacial score (nSPS) is 10.8. The van der Waals surface area contributed by atoms with Crippen molar-refractivity contribution in [1.82, 2.24) is 0 Å². The monoisotopic (exact) mass is 216 g/mol. The maximum atomic E-state index is 10.9. The van der Waals surface area contributed by atoms with Crippen LogP contribution in [0.25, 0.3) is 0 Å². The Morgan fingerprint density at radius 1 is 1.62 bits per heavy atom. The molecule has 1 rings (SSSR count). The highest BCUT2D eigenvalue weighted by molar-refractivity contribution is 7.12. The lowest BCUT2D eigenvalue weighted by molar-refractivity contribution is -0.116. The van der Waals surface area contributed by atoms with Crippen LogP contribution >= 0.6 is 22.9 Å². The number of rotatable bonds is 3. The molecule has 13 heavy (non-hydrogen) atoms. The summed E-state index contributed by atoms with van der Waals surface area (Å²) in [4.78, 5) is 13.1. The Hall–Kier alpha value is -0.340. The Kier molecular flexibility index (Phi) is 3.51. The summed E-state index contributed by atoms with van der Waals surface area (Å²) >= 11 is 7.67. The van der Waals surface area contributed by atoms with Gasteiger partial charge in [-0.3, -0.25) is 4.79 Å². The van der Waals surface area contributed by atoms with E-state index in [4.69, 9.17) is 11.6 Å². The molecule has 0 saturated carbocycles. The molecule has 0 saturated heterocycles. The molecule has 72 valence electrons. The zero-order chi connectivity index (χ0) is 10.0. The number of ketones is 1. The topological polar surface area (TPSA) is 17.1 Å². The fourth-order valence-electron chi connectivity index (χ4n) is 1.16. The van der Waals surface area contributed by atoms with Crippen LogP contribution in [0, 0.1) is 0 Å². The summed E-state index contributed by atoms with van der Waals surface area (Å²) in [5.41, 5.74) is 0. The van der Waals surface area contributed by atoms with Crippen molar-refractivity contribution in [2.24, 2.45) is 0 Å². The summed E-state index contributed by atoms with van der Waals surface area (Å²) in [5, 5.41) is 0.802. The van der Waals surface area contributed by atoms with Crippen molar-refractivity contribution in [3.8, 4) is 0 Å². The maximum absolute atomic E-state index is 10.9. The average molecular weight is 217 g/mol. The summed E-state index contributed by atoms with van der Waals surface area (Å²) in [6.07, 6.45) is 0.511. The van der Waals surface area contributed by atoms with Gasteiger partial charge < -0.3 is 0 Å². The molecule has 0 fully saturated rings. The van der Waals surface area contributed by atoms with Gasteiger partial charge in [0.25, 0.3) is 0 Å². The molecule has 0 amide bonds. The Morgan fingerprint density at radius 3 is 2.62 bits per heavy atom. The standard InChI is InChI=1S/C10H13ClOS/c1-6(2)10-9(11)5-8(13-10)4-7(3)12/h5-6H,4H2,1-3H3. The molecular weight excluding hydrogens is 204 g/mol. The average Bonchev–Trinajstić information content (AvgIpc) is 2.29. The quantitative estimate of drug-likeness (QED) is 0.754. The first-order valence-corrected chi connectivity index (χ1v) is 5.47. The van der Waals surface area contributed by atoms with Crippen LogP contribution in [0.2, 0.25) is 5.02 Å². The highest BCUT2D eigenvalue weighted by Gasteiger charge is 2.11. The van der Waals surface area contributed by atoms with Gasteiger partial charge in [0.2, 0.25) is 0 Å². The maximum Gasteiger partial charge on any atom is 0.135 e. The number of halogens is 1. The Morgan fingerprint density at radius 2 is 2.23 bits per heavy atom. The van der Waals surface area contributed by atoms with Gasteiger partial charge >= 0.3 is 0 Å². The largest absolute Gasteiger partial charge is 0.300 e. The molecular formula is C10H13ClOS. The Balaban J connectivity index is 2.88. The minimum atomic E-state index is 0.188. The second kappa shape index (κ2) is 4.25. The molecule has 1 nitrogen and oxygen atoms in total. The summed E-state index contributed by atoms with van der Waals surface area (Å²) in [6, 6.07) is 1.91. The Labute approximate surface area is 87.7 Å². The van der Waals surface area contributed by atoms with Crippen molar-refractivity contribution in [1.29, 1.82) is 0 Å². The lowest BCUT2D eigenvalue weighted by Crippen LogP contribution is -1.92. The summed E-state index contributed by atoms with van der Waals surface area (Å²) in [5.74, 6) is 0.631. The lowest BCUT2D eigenvalue weighted by Gasteiger charge is -1.99. The molecule has 1 aromatic rings. The minimum Gasteiger partial charge on any atom is -0.300 e. The van der Waals surface area contributed by atoms with Gasteiger partial charge in [0, 0.05) is 16.2 Å². The first-order chi connectivity index (χ1) is 6.00. The first-order valence-electron chi connectivity index (χ1n) is 4.28. The number of Topliss-reactive ketones (excluding diaryl/α,β-unsaturated/α-hetero) is 1. The van der Waals surface area contributed by atoms with Crippen molar-refractivity contribution in [2.75, 3.05) is 0 Å². The van der Waals surface area contributed by atoms with E-state index in [2.05, 4.69) is 13.8 Å². The molecule has 0 atom stereocenters. The summed E-state index contributed by atoms with van der Waals surface area (Å²) < 4.78 is 0. The van der Waals surface area contributed by atoms with Crippen molar-refractivity contribution in [3.63, 3.8) is 0 Å². The highest BCUT2D eigenvalue weighted by Crippen LogP contribution is 2.33. The van der Waals surface area contributed by atoms with Crippen LogP contribution < -0.4 is 0 Å². The molecule has 0 N–H and O–H groups in total. The van der Waals surface area contributed by atoms with E-state index in [-0.39, 0.29) is 5.78 Å². The summed E-state index contributed by atoms with van der Waals surface area (Å²) in [7, 11) is 0. The zero-order valence-corrected chi connectivity index (χ0v) is 9.63. The van der Waals surface area contributed by atoms with Crippen LogP contribution in [-0.4, -0.2) is 5.78 Å². The predicted octanol–water partition coefficient (Wildman–Crippen LogP) is 3.66. The fraction of sp³-hybridized carbons (Fsp3) is 0.500. The van der Waals surface area contributed by atoms with Crippen molar-refractivity contribution in [2.45, 2.75) is 33.1 Å². The van der Waals surface area contributed by atoms with E-state index in [0.29, 0.717) is 12.3 Å². The van der Waals surface area contributed by atoms with Gasteiger partial charge in [-0.15, -0.1) is 11.3 Å². The van der Waals surface area contributed by atoms with Gasteiger partial charge in [-0.1, -0.05) is 25.4 Å². The van der Waals surface area contributed by atoms with E-state index in [1.54, 1.807) is 18.3 Å². The zero-order valence-electron chi connectivity index (χ0n) is 8.06. The van der Waals surface area contributed by atoms with Crippen LogP contribution in [0.1, 0.15) is 36.4 Å². The van der Waals surface area contributed by atoms with Crippen molar-refractivity contribution in [3.05, 3.63) is 20.8 Å². The predicted molar refractivity (Wildman–Crippen MR) is 57.8 cm³/mol. The van der Waals surface area contributed by atoms with Crippen molar-refractivity contribution >= 4 is 28.7 Å². The molecule has 0 bridgehead atoms. The third kappa shape index (κ3) is 2.82. The second-order valence-electron chi connectivity index (χ2n) is 3.46. The molecule has 0 radical (unpaired) electrons. The van der Waals surface area contributed by atoms with E-state index < -0.39 is 0 Å². The fourth-order valence-corrected chi connectivity index (χ4v) is 2.82. The Bertz CT molecular complexity index is 315. The SMILES string of the molecule is CC(=O)Cc1cc(Cl)c(C(C)C)s1. The first kappa shape index (κ1) is 10.7. The molecule has 3 heteroatoms. The van der Waals surface area contributed by atoms with Crippen LogP contribution in [-0.2, 0) is 11.2 Å². The summed E-state index contributed by atoms with van der Waals surface area (Å²) in [6.45, 7) is 5.81. The van der Waals surface area contributed by atoms with Crippen LogP contribution in [0.4, 0.5) is 0 Å². The van der Waals surface area contributed by atoms with E-state index in [1.165, 1.54) is 4.88 Å². The molecule has 0 aliphatic carbocycles. The van der Waals surface area contributed by atoms with Crippen LogP contribution in [0.3, 0.4) is 0 Å². The third-order valence-electron chi connectivity index (χ3n) is 1.71. The molecule has 0 aliphatic rings. The highest BCUT2D eigenvalue weighted by atomic mass is 35.5. The van der Waals surface area contributed by atoms with Gasteiger partial charge in [-0.2, -0.15) is 0 Å². The number of carbonyl (C=O) groups is 1. The van der Waals surface area contributed by atoms with Gasteiger partial charge in [0.05, 0.1) is 5.02 Å². The van der Waals surface area contributed by atoms with Crippen LogP contribution in [0.15, 0.2) is 6.07 Å². The van der Waals surface area contributed by atoms with E-state index >= 15 is 0 Å². The number of thiophene rings is 1. The number of hydrogen-bond acceptors (Lipinski definition) is 2. The van der Waals surface area contributed by atoms with Gasteiger partial charge in [0.15, 0.2) is 0 Å². The molecule has 0 spiro atoms. The van der Waals surface area contributed by atoms with E-state index in [1.807, 2.05) is 6.07 Å². The smallest absolute Gasteiger partial charge is 0.135 e. The van der Waals surface area contributed by atoms with Gasteiger partial charge in [-0.05, 0) is 18.9 Å². The lowest BCUT2D eigenvalue weighted by atomic mass is 10.2. The number of carbonyl (C=O) groups excluding carboxylic acids is 1. The van der Waals surface area contributed by atoms with Gasteiger partial charge in [0.1, 0.15) is 5.78 Å².